The first-order valence-corrected chi connectivity index (χ1v) is 8.83. The van der Waals surface area contributed by atoms with Crippen molar-refractivity contribution in [2.24, 2.45) is 5.92 Å². The molecule has 2 N–H and O–H groups in total. The largest absolute Gasteiger partial charge is 0.370 e. The van der Waals surface area contributed by atoms with Crippen molar-refractivity contribution in [3.05, 3.63) is 46.8 Å². The van der Waals surface area contributed by atoms with Crippen molar-refractivity contribution in [1.82, 2.24) is 19.6 Å². The van der Waals surface area contributed by atoms with Gasteiger partial charge in [-0.1, -0.05) is 19.9 Å². The first-order chi connectivity index (χ1) is 11.6. The van der Waals surface area contributed by atoms with Crippen molar-refractivity contribution >= 4 is 33.2 Å². The second-order valence-corrected chi connectivity index (χ2v) is 6.93. The van der Waals surface area contributed by atoms with Crippen LogP contribution in [-0.4, -0.2) is 26.1 Å². The lowest BCUT2D eigenvalue weighted by Gasteiger charge is -2.12. The quantitative estimate of drug-likeness (QED) is 0.640. The maximum atomic E-state index is 4.64. The Balaban J connectivity index is 1.82. The van der Waals surface area contributed by atoms with E-state index in [2.05, 4.69) is 55.5 Å². The summed E-state index contributed by atoms with van der Waals surface area (Å²) in [5.41, 5.74) is 1.90. The third-order valence-corrected chi connectivity index (χ3v) is 4.21. The van der Waals surface area contributed by atoms with Crippen molar-refractivity contribution in [2.45, 2.75) is 26.8 Å². The Morgan fingerprint density at radius 1 is 1.25 bits per heavy atom. The third-order valence-electron chi connectivity index (χ3n) is 3.65. The van der Waals surface area contributed by atoms with Gasteiger partial charge in [0.2, 0.25) is 0 Å². The molecular formula is C17H21BrN6. The van der Waals surface area contributed by atoms with Gasteiger partial charge in [0.1, 0.15) is 11.6 Å². The number of hydrogen-bond donors (Lipinski definition) is 2. The summed E-state index contributed by atoms with van der Waals surface area (Å²) in [7, 11) is 0. The van der Waals surface area contributed by atoms with E-state index >= 15 is 0 Å². The number of halogens is 1. The van der Waals surface area contributed by atoms with Crippen molar-refractivity contribution in [1.29, 1.82) is 0 Å². The average Bonchev–Trinajstić information content (AvgIpc) is 2.95. The second-order valence-electron chi connectivity index (χ2n) is 6.08. The van der Waals surface area contributed by atoms with Crippen LogP contribution in [0.3, 0.4) is 0 Å². The number of fused-ring (bicyclic) bond motifs is 1. The van der Waals surface area contributed by atoms with Crippen LogP contribution in [0.25, 0.3) is 5.65 Å². The molecule has 0 spiro atoms. The molecule has 3 rings (SSSR count). The van der Waals surface area contributed by atoms with Gasteiger partial charge in [0.15, 0.2) is 5.65 Å². The van der Waals surface area contributed by atoms with Crippen LogP contribution in [0.2, 0.25) is 0 Å². The highest BCUT2D eigenvalue weighted by atomic mass is 79.9. The van der Waals surface area contributed by atoms with E-state index < -0.39 is 0 Å². The van der Waals surface area contributed by atoms with Crippen molar-refractivity contribution < 1.29 is 0 Å². The van der Waals surface area contributed by atoms with Crippen LogP contribution in [0, 0.1) is 5.92 Å². The molecule has 0 aliphatic heterocycles. The number of anilines is 2. The van der Waals surface area contributed by atoms with E-state index in [1.807, 2.05) is 24.4 Å². The minimum Gasteiger partial charge on any atom is -0.370 e. The van der Waals surface area contributed by atoms with Crippen LogP contribution in [0.4, 0.5) is 11.6 Å². The number of rotatable bonds is 7. The monoisotopic (exact) mass is 388 g/mol. The summed E-state index contributed by atoms with van der Waals surface area (Å²) < 4.78 is 2.67. The van der Waals surface area contributed by atoms with E-state index in [0.717, 1.165) is 40.3 Å². The Labute approximate surface area is 149 Å². The molecule has 126 valence electrons. The van der Waals surface area contributed by atoms with E-state index in [4.69, 9.17) is 0 Å². The van der Waals surface area contributed by atoms with Gasteiger partial charge in [-0.15, -0.1) is 0 Å². The van der Waals surface area contributed by atoms with Gasteiger partial charge in [-0.2, -0.15) is 9.61 Å². The van der Waals surface area contributed by atoms with Gasteiger partial charge in [-0.3, -0.25) is 4.98 Å². The van der Waals surface area contributed by atoms with E-state index in [-0.39, 0.29) is 0 Å². The smallest absolute Gasteiger partial charge is 0.173 e. The molecule has 0 unspecified atom stereocenters. The van der Waals surface area contributed by atoms with Gasteiger partial charge in [0, 0.05) is 31.5 Å². The summed E-state index contributed by atoms with van der Waals surface area (Å²) in [6.07, 6.45) is 6.49. The predicted molar refractivity (Wildman–Crippen MR) is 100 cm³/mol. The van der Waals surface area contributed by atoms with Crippen LogP contribution in [0.15, 0.2) is 41.3 Å². The van der Waals surface area contributed by atoms with Crippen LogP contribution in [0.5, 0.6) is 0 Å². The molecule has 0 amide bonds. The normalized spacial score (nSPS) is 11.2. The molecule has 0 aliphatic rings. The van der Waals surface area contributed by atoms with Gasteiger partial charge in [-0.05, 0) is 39.9 Å². The van der Waals surface area contributed by atoms with Gasteiger partial charge < -0.3 is 10.6 Å². The van der Waals surface area contributed by atoms with E-state index in [1.165, 1.54) is 0 Å². The fourth-order valence-electron chi connectivity index (χ4n) is 2.34. The highest BCUT2D eigenvalue weighted by molar-refractivity contribution is 9.10. The van der Waals surface area contributed by atoms with Crippen LogP contribution in [0.1, 0.15) is 25.8 Å². The van der Waals surface area contributed by atoms with E-state index in [1.54, 1.807) is 16.9 Å². The SMILES string of the molecule is CC(C)CCNc1cc(NCc2cccnc2)n2ncc(Br)c2n1. The molecule has 0 aliphatic carbocycles. The topological polar surface area (TPSA) is 67.1 Å². The van der Waals surface area contributed by atoms with Crippen molar-refractivity contribution in [2.75, 3.05) is 17.2 Å². The van der Waals surface area contributed by atoms with Crippen LogP contribution in [-0.2, 0) is 6.54 Å². The summed E-state index contributed by atoms with van der Waals surface area (Å²) in [5.74, 6) is 2.39. The standard InChI is InChI=1S/C17H21BrN6/c1-12(2)5-7-20-15-8-16(21-10-13-4-3-6-19-9-13)24-17(23-15)14(18)11-22-24/h3-4,6,8-9,11-12,21H,5,7,10H2,1-2H3,(H,20,23). The molecule has 0 aromatic carbocycles. The average molecular weight is 389 g/mol. The van der Waals surface area contributed by atoms with E-state index in [9.17, 15) is 0 Å². The fourth-order valence-corrected chi connectivity index (χ4v) is 2.68. The zero-order valence-corrected chi connectivity index (χ0v) is 15.4. The summed E-state index contributed by atoms with van der Waals surface area (Å²) in [4.78, 5) is 8.78. The fraction of sp³-hybridized carbons (Fsp3) is 0.353. The molecular weight excluding hydrogens is 368 g/mol. The Kier molecular flexibility index (Phi) is 5.30. The number of pyridine rings is 1. The minimum atomic E-state index is 0.658. The molecule has 0 atom stereocenters. The molecule has 0 bridgehead atoms. The molecule has 7 heteroatoms. The maximum Gasteiger partial charge on any atom is 0.173 e. The molecule has 0 radical (unpaired) electrons. The highest BCUT2D eigenvalue weighted by Crippen LogP contribution is 2.23. The van der Waals surface area contributed by atoms with Crippen LogP contribution < -0.4 is 10.6 Å². The molecule has 6 nitrogen and oxygen atoms in total. The Morgan fingerprint density at radius 3 is 2.88 bits per heavy atom. The minimum absolute atomic E-state index is 0.658. The van der Waals surface area contributed by atoms with Gasteiger partial charge in [-0.25, -0.2) is 4.98 Å². The lowest BCUT2D eigenvalue weighted by Crippen LogP contribution is -2.10. The summed E-state index contributed by atoms with van der Waals surface area (Å²) in [6, 6.07) is 5.96. The molecule has 3 aromatic heterocycles. The zero-order chi connectivity index (χ0) is 16.9. The molecule has 0 saturated carbocycles. The Hall–Kier alpha value is -2.15. The third kappa shape index (κ3) is 4.03. The van der Waals surface area contributed by atoms with Gasteiger partial charge in [0.05, 0.1) is 10.7 Å². The number of nitrogens with one attached hydrogen (secondary N) is 2. The maximum absolute atomic E-state index is 4.64. The zero-order valence-electron chi connectivity index (χ0n) is 13.8. The molecule has 3 aromatic rings. The Bertz CT molecular complexity index is 799. The van der Waals surface area contributed by atoms with Crippen molar-refractivity contribution in [3.8, 4) is 0 Å². The summed E-state index contributed by atoms with van der Waals surface area (Å²) in [6.45, 7) is 6.00. The molecule has 0 fully saturated rings. The van der Waals surface area contributed by atoms with Gasteiger partial charge >= 0.3 is 0 Å². The van der Waals surface area contributed by atoms with Gasteiger partial charge in [0.25, 0.3) is 0 Å². The summed E-state index contributed by atoms with van der Waals surface area (Å²) in [5, 5.41) is 11.2. The van der Waals surface area contributed by atoms with Crippen molar-refractivity contribution in [3.63, 3.8) is 0 Å². The Morgan fingerprint density at radius 2 is 2.12 bits per heavy atom. The van der Waals surface area contributed by atoms with E-state index in [0.29, 0.717) is 12.5 Å². The lowest BCUT2D eigenvalue weighted by atomic mass is 10.1. The molecule has 0 saturated heterocycles. The summed E-state index contributed by atoms with van der Waals surface area (Å²) >= 11 is 3.51. The molecule has 3 heterocycles. The molecule has 24 heavy (non-hydrogen) atoms. The van der Waals surface area contributed by atoms with Crippen LogP contribution >= 0.6 is 15.9 Å². The number of aromatic nitrogens is 4. The predicted octanol–water partition coefficient (Wildman–Crippen LogP) is 3.96. The second kappa shape index (κ2) is 7.61. The number of nitrogens with zero attached hydrogens (tertiary/aromatic N) is 4. The number of hydrogen-bond acceptors (Lipinski definition) is 5. The first-order valence-electron chi connectivity index (χ1n) is 8.04. The first kappa shape index (κ1) is 16.7. The highest BCUT2D eigenvalue weighted by Gasteiger charge is 2.10. The lowest BCUT2D eigenvalue weighted by molar-refractivity contribution is 0.606.